The number of aromatic nitrogens is 1. The van der Waals surface area contributed by atoms with E-state index in [1.54, 1.807) is 13.1 Å². The SMILES string of the molecule is C[C@H](OC(=O)Cc1c(F)cccc1F)c1cnc2ccccc2c1. The average molecular weight is 327 g/mol. The first-order valence-corrected chi connectivity index (χ1v) is 7.51. The third-order valence-electron chi connectivity index (χ3n) is 3.77. The number of halogens is 2. The summed E-state index contributed by atoms with van der Waals surface area (Å²) in [6, 6.07) is 12.9. The second-order valence-corrected chi connectivity index (χ2v) is 5.47. The molecule has 0 saturated heterocycles. The maximum atomic E-state index is 13.6. The molecule has 3 aromatic rings. The van der Waals surface area contributed by atoms with E-state index in [-0.39, 0.29) is 5.56 Å². The van der Waals surface area contributed by atoms with Gasteiger partial charge in [0.15, 0.2) is 0 Å². The van der Waals surface area contributed by atoms with E-state index in [1.807, 2.05) is 30.3 Å². The fraction of sp³-hybridized carbons (Fsp3) is 0.158. The van der Waals surface area contributed by atoms with Crippen LogP contribution in [0.25, 0.3) is 10.9 Å². The van der Waals surface area contributed by atoms with E-state index < -0.39 is 30.1 Å². The van der Waals surface area contributed by atoms with Crippen LogP contribution in [0.1, 0.15) is 24.2 Å². The first kappa shape index (κ1) is 16.1. The van der Waals surface area contributed by atoms with Crippen LogP contribution in [0, 0.1) is 11.6 Å². The van der Waals surface area contributed by atoms with Crippen LogP contribution in [0.2, 0.25) is 0 Å². The molecule has 0 N–H and O–H groups in total. The van der Waals surface area contributed by atoms with Crippen LogP contribution in [0.5, 0.6) is 0 Å². The van der Waals surface area contributed by atoms with Gasteiger partial charge in [-0.2, -0.15) is 0 Å². The lowest BCUT2D eigenvalue weighted by Crippen LogP contribution is -2.13. The van der Waals surface area contributed by atoms with Crippen molar-refractivity contribution in [2.45, 2.75) is 19.4 Å². The van der Waals surface area contributed by atoms with E-state index in [2.05, 4.69) is 4.98 Å². The van der Waals surface area contributed by atoms with Crippen LogP contribution in [0.4, 0.5) is 8.78 Å². The van der Waals surface area contributed by atoms with E-state index in [9.17, 15) is 13.6 Å². The Balaban J connectivity index is 1.73. The summed E-state index contributed by atoms with van der Waals surface area (Å²) >= 11 is 0. The minimum absolute atomic E-state index is 0.286. The van der Waals surface area contributed by atoms with Gasteiger partial charge in [-0.3, -0.25) is 9.78 Å². The van der Waals surface area contributed by atoms with E-state index in [4.69, 9.17) is 4.74 Å². The quantitative estimate of drug-likeness (QED) is 0.668. The highest BCUT2D eigenvalue weighted by atomic mass is 19.1. The number of ether oxygens (including phenoxy) is 1. The summed E-state index contributed by atoms with van der Waals surface area (Å²) in [7, 11) is 0. The van der Waals surface area contributed by atoms with Gasteiger partial charge in [0.1, 0.15) is 17.7 Å². The predicted octanol–water partition coefficient (Wildman–Crippen LogP) is 4.36. The van der Waals surface area contributed by atoms with Gasteiger partial charge in [-0.15, -0.1) is 0 Å². The molecule has 0 aliphatic heterocycles. The summed E-state index contributed by atoms with van der Waals surface area (Å²) in [6.45, 7) is 1.70. The standard InChI is InChI=1S/C19H15F2NO2/c1-12(14-9-13-5-2-3-8-18(13)22-11-14)24-19(23)10-15-16(20)6-4-7-17(15)21/h2-9,11-12H,10H2,1H3/t12-/m0/s1. The monoisotopic (exact) mass is 327 g/mol. The molecule has 1 heterocycles. The first-order valence-electron chi connectivity index (χ1n) is 7.51. The number of carbonyl (C=O) groups is 1. The summed E-state index contributed by atoms with van der Waals surface area (Å²) in [4.78, 5) is 16.3. The molecule has 3 rings (SSSR count). The minimum Gasteiger partial charge on any atom is -0.457 e. The molecule has 0 saturated carbocycles. The molecular formula is C19H15F2NO2. The lowest BCUT2D eigenvalue weighted by molar-refractivity contribution is -0.147. The number of rotatable bonds is 4. The normalized spacial score (nSPS) is 12.1. The minimum atomic E-state index is -0.757. The van der Waals surface area contributed by atoms with Crippen LogP contribution >= 0.6 is 0 Å². The fourth-order valence-electron chi connectivity index (χ4n) is 2.46. The Morgan fingerprint density at radius 2 is 1.83 bits per heavy atom. The van der Waals surface area contributed by atoms with Crippen molar-refractivity contribution >= 4 is 16.9 Å². The van der Waals surface area contributed by atoms with Crippen LogP contribution in [-0.4, -0.2) is 11.0 Å². The second kappa shape index (κ2) is 6.74. The molecule has 24 heavy (non-hydrogen) atoms. The van der Waals surface area contributed by atoms with Crippen molar-refractivity contribution < 1.29 is 18.3 Å². The van der Waals surface area contributed by atoms with Gasteiger partial charge < -0.3 is 4.74 Å². The van der Waals surface area contributed by atoms with Gasteiger partial charge >= 0.3 is 5.97 Å². The summed E-state index contributed by atoms with van der Waals surface area (Å²) < 4.78 is 32.5. The summed E-state index contributed by atoms with van der Waals surface area (Å²) in [5, 5.41) is 0.929. The molecule has 0 fully saturated rings. The maximum absolute atomic E-state index is 13.6. The number of benzene rings is 2. The molecule has 0 aliphatic rings. The molecule has 1 atom stereocenters. The topological polar surface area (TPSA) is 39.2 Å². The molecular weight excluding hydrogens is 312 g/mol. The van der Waals surface area contributed by atoms with E-state index >= 15 is 0 Å². The maximum Gasteiger partial charge on any atom is 0.311 e. The number of carbonyl (C=O) groups excluding carboxylic acids is 1. The van der Waals surface area contributed by atoms with Gasteiger partial charge in [0.2, 0.25) is 0 Å². The Morgan fingerprint density at radius 1 is 1.12 bits per heavy atom. The smallest absolute Gasteiger partial charge is 0.311 e. The number of esters is 1. The number of fused-ring (bicyclic) bond motifs is 1. The third-order valence-corrected chi connectivity index (χ3v) is 3.77. The van der Waals surface area contributed by atoms with E-state index in [0.717, 1.165) is 28.6 Å². The Hall–Kier alpha value is -2.82. The Morgan fingerprint density at radius 3 is 2.58 bits per heavy atom. The largest absolute Gasteiger partial charge is 0.457 e. The zero-order valence-corrected chi connectivity index (χ0v) is 13.0. The molecule has 5 heteroatoms. The number of pyridine rings is 1. The molecule has 0 radical (unpaired) electrons. The molecule has 2 aromatic carbocycles. The fourth-order valence-corrected chi connectivity index (χ4v) is 2.46. The lowest BCUT2D eigenvalue weighted by Gasteiger charge is -2.14. The summed E-state index contributed by atoms with van der Waals surface area (Å²) in [6.07, 6.45) is 0.609. The Kier molecular flexibility index (Phi) is 4.51. The van der Waals surface area contributed by atoms with Crippen LogP contribution < -0.4 is 0 Å². The van der Waals surface area contributed by atoms with Gasteiger partial charge in [0.25, 0.3) is 0 Å². The third kappa shape index (κ3) is 3.40. The zero-order chi connectivity index (χ0) is 17.1. The molecule has 122 valence electrons. The van der Waals surface area contributed by atoms with E-state index in [1.165, 1.54) is 6.07 Å². The van der Waals surface area contributed by atoms with E-state index in [0.29, 0.717) is 0 Å². The van der Waals surface area contributed by atoms with Gasteiger partial charge in [-0.05, 0) is 31.2 Å². The molecule has 0 aliphatic carbocycles. The number of nitrogens with zero attached hydrogens (tertiary/aromatic N) is 1. The number of hydrogen-bond acceptors (Lipinski definition) is 3. The van der Waals surface area contributed by atoms with Crippen molar-refractivity contribution in [2.24, 2.45) is 0 Å². The van der Waals surface area contributed by atoms with Crippen molar-refractivity contribution in [3.63, 3.8) is 0 Å². The van der Waals surface area contributed by atoms with Crippen LogP contribution in [0.15, 0.2) is 54.7 Å². The number of para-hydroxylation sites is 1. The van der Waals surface area contributed by atoms with Gasteiger partial charge in [0, 0.05) is 22.7 Å². The lowest BCUT2D eigenvalue weighted by atomic mass is 10.1. The average Bonchev–Trinajstić information content (AvgIpc) is 2.58. The van der Waals surface area contributed by atoms with Crippen molar-refractivity contribution in [1.82, 2.24) is 4.98 Å². The predicted molar refractivity (Wildman–Crippen MR) is 86.3 cm³/mol. The molecule has 0 bridgehead atoms. The number of hydrogen-bond donors (Lipinski definition) is 0. The second-order valence-electron chi connectivity index (χ2n) is 5.47. The van der Waals surface area contributed by atoms with Crippen molar-refractivity contribution in [1.29, 1.82) is 0 Å². The highest BCUT2D eigenvalue weighted by Crippen LogP contribution is 2.22. The van der Waals surface area contributed by atoms with Crippen LogP contribution in [-0.2, 0) is 16.0 Å². The molecule has 0 unspecified atom stereocenters. The van der Waals surface area contributed by atoms with Gasteiger partial charge in [-0.1, -0.05) is 24.3 Å². The highest BCUT2D eigenvalue weighted by molar-refractivity contribution is 5.79. The van der Waals surface area contributed by atoms with Crippen molar-refractivity contribution in [2.75, 3.05) is 0 Å². The zero-order valence-electron chi connectivity index (χ0n) is 13.0. The highest BCUT2D eigenvalue weighted by Gasteiger charge is 2.17. The Labute approximate surface area is 137 Å². The summed E-state index contributed by atoms with van der Waals surface area (Å²) in [5.74, 6) is -2.21. The van der Waals surface area contributed by atoms with Gasteiger partial charge in [0.05, 0.1) is 11.9 Å². The summed E-state index contributed by atoms with van der Waals surface area (Å²) in [5.41, 5.74) is 1.27. The van der Waals surface area contributed by atoms with Crippen molar-refractivity contribution in [3.05, 3.63) is 77.5 Å². The Bertz CT molecular complexity index is 875. The van der Waals surface area contributed by atoms with Crippen molar-refractivity contribution in [3.8, 4) is 0 Å². The molecule has 1 aromatic heterocycles. The van der Waals surface area contributed by atoms with Crippen LogP contribution in [0.3, 0.4) is 0 Å². The molecule has 0 spiro atoms. The van der Waals surface area contributed by atoms with Gasteiger partial charge in [-0.25, -0.2) is 8.78 Å². The molecule has 3 nitrogen and oxygen atoms in total. The first-order chi connectivity index (χ1) is 11.5. The molecule has 0 amide bonds.